The molecule has 1 rings (SSSR count). The second kappa shape index (κ2) is 6.59. The van der Waals surface area contributed by atoms with E-state index in [-0.39, 0.29) is 17.9 Å². The third-order valence-electron chi connectivity index (χ3n) is 2.96. The van der Waals surface area contributed by atoms with Gasteiger partial charge in [-0.15, -0.1) is 0 Å². The summed E-state index contributed by atoms with van der Waals surface area (Å²) in [7, 11) is 1.59. The lowest BCUT2D eigenvalue weighted by Gasteiger charge is -2.21. The van der Waals surface area contributed by atoms with E-state index in [2.05, 4.69) is 16.0 Å². The predicted octanol–water partition coefficient (Wildman–Crippen LogP) is 0.0153. The van der Waals surface area contributed by atoms with Crippen LogP contribution in [0.2, 0.25) is 0 Å². The number of carbonyl (C=O) groups excluding carboxylic acids is 2. The fraction of sp³-hybridized carbons (Fsp3) is 0.833. The van der Waals surface area contributed by atoms with Crippen molar-refractivity contribution in [3.63, 3.8) is 0 Å². The number of rotatable bonds is 5. The summed E-state index contributed by atoms with van der Waals surface area (Å²) in [5.41, 5.74) is 0. The van der Waals surface area contributed by atoms with Gasteiger partial charge < -0.3 is 16.0 Å². The first-order valence-corrected chi connectivity index (χ1v) is 6.30. The van der Waals surface area contributed by atoms with Crippen LogP contribution >= 0.6 is 0 Å². The van der Waals surface area contributed by atoms with E-state index in [1.54, 1.807) is 7.05 Å². The predicted molar refractivity (Wildman–Crippen MR) is 66.5 cm³/mol. The lowest BCUT2D eigenvalue weighted by Crippen LogP contribution is -2.51. The van der Waals surface area contributed by atoms with Gasteiger partial charge in [0.2, 0.25) is 11.8 Å². The normalized spacial score (nSPS) is 21.3. The number of amides is 2. The van der Waals surface area contributed by atoms with Gasteiger partial charge in [0.1, 0.15) is 6.04 Å². The van der Waals surface area contributed by atoms with E-state index in [4.69, 9.17) is 0 Å². The lowest BCUT2D eigenvalue weighted by molar-refractivity contribution is -0.130. The first-order chi connectivity index (χ1) is 8.04. The van der Waals surface area contributed by atoms with Gasteiger partial charge in [-0.3, -0.25) is 9.59 Å². The average molecular weight is 241 g/mol. The van der Waals surface area contributed by atoms with Gasteiger partial charge in [-0.2, -0.15) is 0 Å². The van der Waals surface area contributed by atoms with Gasteiger partial charge in [0, 0.05) is 7.05 Å². The van der Waals surface area contributed by atoms with Crippen molar-refractivity contribution in [2.24, 2.45) is 5.92 Å². The molecule has 0 aliphatic carbocycles. The summed E-state index contributed by atoms with van der Waals surface area (Å²) < 4.78 is 0. The van der Waals surface area contributed by atoms with Gasteiger partial charge in [-0.25, -0.2) is 0 Å². The molecule has 3 N–H and O–H groups in total. The number of hydrogen-bond donors (Lipinski definition) is 3. The number of likely N-dealkylation sites (N-methyl/N-ethyl adjacent to an activating group) is 1. The Balaban J connectivity index is 2.52. The Morgan fingerprint density at radius 1 is 1.41 bits per heavy atom. The van der Waals surface area contributed by atoms with Crippen molar-refractivity contribution in [3.8, 4) is 0 Å². The molecule has 0 aromatic heterocycles. The van der Waals surface area contributed by atoms with Crippen LogP contribution in [0.5, 0.6) is 0 Å². The smallest absolute Gasteiger partial charge is 0.242 e. The number of carbonyl (C=O) groups is 2. The SMILES string of the molecule is CNC(=O)C(CC(C)C)NC(=O)[C@@H]1CCCN1. The molecule has 1 aliphatic rings. The molecule has 17 heavy (non-hydrogen) atoms. The molecule has 1 fully saturated rings. The van der Waals surface area contributed by atoms with Crippen molar-refractivity contribution in [2.75, 3.05) is 13.6 Å². The Morgan fingerprint density at radius 2 is 2.12 bits per heavy atom. The highest BCUT2D eigenvalue weighted by molar-refractivity contribution is 5.89. The highest BCUT2D eigenvalue weighted by Crippen LogP contribution is 2.08. The third kappa shape index (κ3) is 4.34. The number of nitrogens with one attached hydrogen (secondary N) is 3. The second-order valence-corrected chi connectivity index (χ2v) is 4.95. The molecule has 5 nitrogen and oxygen atoms in total. The fourth-order valence-electron chi connectivity index (χ4n) is 2.06. The molecule has 0 saturated carbocycles. The monoisotopic (exact) mass is 241 g/mol. The second-order valence-electron chi connectivity index (χ2n) is 4.95. The summed E-state index contributed by atoms with van der Waals surface area (Å²) in [6.45, 7) is 4.96. The molecule has 2 amide bonds. The van der Waals surface area contributed by atoms with Crippen molar-refractivity contribution >= 4 is 11.8 Å². The zero-order chi connectivity index (χ0) is 12.8. The van der Waals surface area contributed by atoms with Gasteiger partial charge in [0.15, 0.2) is 0 Å². The molecule has 1 saturated heterocycles. The minimum Gasteiger partial charge on any atom is -0.357 e. The Kier molecular flexibility index (Phi) is 5.41. The van der Waals surface area contributed by atoms with Crippen LogP contribution in [0.25, 0.3) is 0 Å². The quantitative estimate of drug-likeness (QED) is 0.635. The zero-order valence-corrected chi connectivity index (χ0v) is 10.9. The minimum absolute atomic E-state index is 0.0586. The molecule has 0 aromatic carbocycles. The van der Waals surface area contributed by atoms with Crippen LogP contribution in [0.4, 0.5) is 0 Å². The molecule has 5 heteroatoms. The van der Waals surface area contributed by atoms with Crippen molar-refractivity contribution in [3.05, 3.63) is 0 Å². The molecular formula is C12H23N3O2. The van der Waals surface area contributed by atoms with Crippen molar-refractivity contribution in [1.82, 2.24) is 16.0 Å². The Bertz CT molecular complexity index is 273. The molecule has 0 spiro atoms. The van der Waals surface area contributed by atoms with Gasteiger partial charge in [-0.05, 0) is 31.7 Å². The lowest BCUT2D eigenvalue weighted by atomic mass is 10.0. The highest BCUT2D eigenvalue weighted by Gasteiger charge is 2.27. The van der Waals surface area contributed by atoms with E-state index in [1.165, 1.54) is 0 Å². The van der Waals surface area contributed by atoms with E-state index in [0.29, 0.717) is 12.3 Å². The van der Waals surface area contributed by atoms with Crippen LogP contribution in [0.3, 0.4) is 0 Å². The van der Waals surface area contributed by atoms with Crippen LogP contribution in [0.15, 0.2) is 0 Å². The van der Waals surface area contributed by atoms with Crippen molar-refractivity contribution in [2.45, 2.75) is 45.2 Å². The van der Waals surface area contributed by atoms with E-state index in [9.17, 15) is 9.59 Å². The Labute approximate surface area is 103 Å². The molecule has 1 heterocycles. The van der Waals surface area contributed by atoms with E-state index >= 15 is 0 Å². The van der Waals surface area contributed by atoms with Crippen LogP contribution in [-0.2, 0) is 9.59 Å². The third-order valence-corrected chi connectivity index (χ3v) is 2.96. The minimum atomic E-state index is -0.421. The molecule has 1 unspecified atom stereocenters. The maximum Gasteiger partial charge on any atom is 0.242 e. The fourth-order valence-corrected chi connectivity index (χ4v) is 2.06. The zero-order valence-electron chi connectivity index (χ0n) is 10.9. The summed E-state index contributed by atoms with van der Waals surface area (Å²) in [6.07, 6.45) is 2.54. The summed E-state index contributed by atoms with van der Waals surface area (Å²) >= 11 is 0. The van der Waals surface area contributed by atoms with E-state index < -0.39 is 6.04 Å². The van der Waals surface area contributed by atoms with Crippen LogP contribution < -0.4 is 16.0 Å². The number of hydrogen-bond acceptors (Lipinski definition) is 3. The first kappa shape index (κ1) is 14.0. The molecule has 0 radical (unpaired) electrons. The van der Waals surface area contributed by atoms with Gasteiger partial charge in [0.25, 0.3) is 0 Å². The van der Waals surface area contributed by atoms with E-state index in [0.717, 1.165) is 19.4 Å². The topological polar surface area (TPSA) is 70.2 Å². The molecule has 0 bridgehead atoms. The largest absolute Gasteiger partial charge is 0.357 e. The summed E-state index contributed by atoms with van der Waals surface area (Å²) in [4.78, 5) is 23.6. The summed E-state index contributed by atoms with van der Waals surface area (Å²) in [5.74, 6) is 0.191. The molecule has 2 atom stereocenters. The van der Waals surface area contributed by atoms with Crippen molar-refractivity contribution in [1.29, 1.82) is 0 Å². The summed E-state index contributed by atoms with van der Waals surface area (Å²) in [6, 6.07) is -0.552. The molecule has 1 aliphatic heterocycles. The summed E-state index contributed by atoms with van der Waals surface area (Å²) in [5, 5.41) is 8.55. The first-order valence-electron chi connectivity index (χ1n) is 6.30. The average Bonchev–Trinajstić information content (AvgIpc) is 2.79. The molecular weight excluding hydrogens is 218 g/mol. The van der Waals surface area contributed by atoms with Crippen molar-refractivity contribution < 1.29 is 9.59 Å². The maximum atomic E-state index is 11.9. The maximum absolute atomic E-state index is 11.9. The van der Waals surface area contributed by atoms with Crippen LogP contribution in [-0.4, -0.2) is 37.5 Å². The highest BCUT2D eigenvalue weighted by atomic mass is 16.2. The van der Waals surface area contributed by atoms with Gasteiger partial charge in [0.05, 0.1) is 6.04 Å². The van der Waals surface area contributed by atoms with Gasteiger partial charge >= 0.3 is 0 Å². The van der Waals surface area contributed by atoms with Gasteiger partial charge in [-0.1, -0.05) is 13.8 Å². The Hall–Kier alpha value is -1.10. The van der Waals surface area contributed by atoms with Crippen LogP contribution in [0, 0.1) is 5.92 Å². The molecule has 0 aromatic rings. The van der Waals surface area contributed by atoms with E-state index in [1.807, 2.05) is 13.8 Å². The Morgan fingerprint density at radius 3 is 2.59 bits per heavy atom. The van der Waals surface area contributed by atoms with Crippen LogP contribution in [0.1, 0.15) is 33.1 Å². The standard InChI is InChI=1S/C12H23N3O2/c1-8(2)7-10(11(16)13-3)15-12(17)9-5-4-6-14-9/h8-10,14H,4-7H2,1-3H3,(H,13,16)(H,15,17)/t9-,10?/m0/s1. The molecule has 98 valence electrons.